The Hall–Kier alpha value is -1.81. The first kappa shape index (κ1) is 11.7. The molecule has 2 aromatic rings. The lowest BCUT2D eigenvalue weighted by atomic mass is 10.1. The van der Waals surface area contributed by atoms with Gasteiger partial charge in [0.2, 0.25) is 0 Å². The number of rotatable bonds is 4. The molecule has 0 radical (unpaired) electrons. The quantitative estimate of drug-likeness (QED) is 0.704. The van der Waals surface area contributed by atoms with Crippen molar-refractivity contribution in [2.45, 2.75) is 19.4 Å². The number of nitrogens with zero attached hydrogens (tertiary/aromatic N) is 1. The van der Waals surface area contributed by atoms with E-state index in [1.54, 1.807) is 13.1 Å². The van der Waals surface area contributed by atoms with Crippen LogP contribution in [0.4, 0.5) is 11.4 Å². The summed E-state index contributed by atoms with van der Waals surface area (Å²) in [4.78, 5) is 4.24. The fourth-order valence-electron chi connectivity index (χ4n) is 1.75. The summed E-state index contributed by atoms with van der Waals surface area (Å²) in [5.74, 6) is 0. The summed E-state index contributed by atoms with van der Waals surface area (Å²) < 4.78 is 0. The minimum Gasteiger partial charge on any atom is -0.397 e. The van der Waals surface area contributed by atoms with Gasteiger partial charge in [0.15, 0.2) is 0 Å². The molecule has 4 nitrogen and oxygen atoms in total. The lowest BCUT2D eigenvalue weighted by Crippen LogP contribution is -2.10. The first-order chi connectivity index (χ1) is 8.18. The number of aliphatic hydroxyl groups excluding tert-OH is 1. The fourth-order valence-corrected chi connectivity index (χ4v) is 1.75. The van der Waals surface area contributed by atoms with Gasteiger partial charge >= 0.3 is 0 Å². The van der Waals surface area contributed by atoms with Crippen molar-refractivity contribution in [2.24, 2.45) is 0 Å². The summed E-state index contributed by atoms with van der Waals surface area (Å²) in [7, 11) is 0. The number of anilines is 2. The van der Waals surface area contributed by atoms with E-state index >= 15 is 0 Å². The molecule has 1 aromatic heterocycles. The largest absolute Gasteiger partial charge is 0.397 e. The maximum absolute atomic E-state index is 9.19. The van der Waals surface area contributed by atoms with Crippen molar-refractivity contribution in [2.75, 3.05) is 17.6 Å². The van der Waals surface area contributed by atoms with Crippen LogP contribution in [0.25, 0.3) is 10.9 Å². The van der Waals surface area contributed by atoms with Crippen molar-refractivity contribution < 1.29 is 5.11 Å². The van der Waals surface area contributed by atoms with E-state index in [0.29, 0.717) is 18.7 Å². The van der Waals surface area contributed by atoms with Gasteiger partial charge in [-0.3, -0.25) is 4.98 Å². The topological polar surface area (TPSA) is 71.2 Å². The van der Waals surface area contributed by atoms with E-state index in [1.165, 1.54) is 0 Å². The molecule has 4 N–H and O–H groups in total. The molecule has 0 saturated carbocycles. The Kier molecular flexibility index (Phi) is 3.44. The average molecular weight is 231 g/mol. The van der Waals surface area contributed by atoms with Gasteiger partial charge in [0.1, 0.15) is 0 Å². The highest BCUT2D eigenvalue weighted by Gasteiger charge is 2.04. The number of aromatic nitrogens is 1. The highest BCUT2D eigenvalue weighted by Crippen LogP contribution is 2.27. The van der Waals surface area contributed by atoms with Gasteiger partial charge in [0.25, 0.3) is 0 Å². The highest BCUT2D eigenvalue weighted by atomic mass is 16.3. The van der Waals surface area contributed by atoms with Crippen LogP contribution in [0.5, 0.6) is 0 Å². The lowest BCUT2D eigenvalue weighted by Gasteiger charge is -2.12. The average Bonchev–Trinajstić information content (AvgIpc) is 2.32. The van der Waals surface area contributed by atoms with Crippen LogP contribution in [-0.2, 0) is 0 Å². The predicted molar refractivity (Wildman–Crippen MR) is 70.9 cm³/mol. The Morgan fingerprint density at radius 1 is 1.41 bits per heavy atom. The number of nitrogens with one attached hydrogen (secondary N) is 1. The van der Waals surface area contributed by atoms with Gasteiger partial charge in [-0.05, 0) is 37.6 Å². The Morgan fingerprint density at radius 2 is 2.24 bits per heavy atom. The van der Waals surface area contributed by atoms with Crippen molar-refractivity contribution >= 4 is 22.3 Å². The van der Waals surface area contributed by atoms with Gasteiger partial charge in [-0.2, -0.15) is 0 Å². The molecule has 0 aliphatic rings. The van der Waals surface area contributed by atoms with Crippen LogP contribution >= 0.6 is 0 Å². The van der Waals surface area contributed by atoms with E-state index in [4.69, 9.17) is 5.73 Å². The summed E-state index contributed by atoms with van der Waals surface area (Å²) in [6.45, 7) is 2.48. The first-order valence-corrected chi connectivity index (χ1v) is 5.73. The molecule has 0 bridgehead atoms. The SMILES string of the molecule is CC(O)CCNc1ccc2ncccc2c1N. The Bertz CT molecular complexity index is 511. The van der Waals surface area contributed by atoms with E-state index in [-0.39, 0.29) is 6.10 Å². The minimum atomic E-state index is -0.300. The molecule has 1 heterocycles. The van der Waals surface area contributed by atoms with Crippen LogP contribution in [0.2, 0.25) is 0 Å². The predicted octanol–water partition coefficient (Wildman–Crippen LogP) is 2.00. The van der Waals surface area contributed by atoms with Crippen LogP contribution in [-0.4, -0.2) is 22.7 Å². The van der Waals surface area contributed by atoms with Crippen LogP contribution < -0.4 is 11.1 Å². The Labute approximate surface area is 100 Å². The third kappa shape index (κ3) is 2.65. The third-order valence-electron chi connectivity index (χ3n) is 2.70. The molecule has 17 heavy (non-hydrogen) atoms. The van der Waals surface area contributed by atoms with Crippen LogP contribution in [0.3, 0.4) is 0 Å². The summed E-state index contributed by atoms with van der Waals surface area (Å²) >= 11 is 0. The lowest BCUT2D eigenvalue weighted by molar-refractivity contribution is 0.189. The smallest absolute Gasteiger partial charge is 0.0724 e. The number of hydrogen-bond donors (Lipinski definition) is 3. The van der Waals surface area contributed by atoms with Gasteiger partial charge in [-0.25, -0.2) is 0 Å². The zero-order valence-electron chi connectivity index (χ0n) is 9.85. The molecule has 1 aromatic carbocycles. The zero-order chi connectivity index (χ0) is 12.3. The minimum absolute atomic E-state index is 0.300. The maximum Gasteiger partial charge on any atom is 0.0724 e. The molecule has 0 aliphatic heterocycles. The summed E-state index contributed by atoms with van der Waals surface area (Å²) in [5.41, 5.74) is 8.57. The molecule has 90 valence electrons. The van der Waals surface area contributed by atoms with Crippen molar-refractivity contribution in [3.05, 3.63) is 30.5 Å². The van der Waals surface area contributed by atoms with Crippen molar-refractivity contribution in [3.8, 4) is 0 Å². The monoisotopic (exact) mass is 231 g/mol. The summed E-state index contributed by atoms with van der Waals surface area (Å²) in [6, 6.07) is 7.69. The first-order valence-electron chi connectivity index (χ1n) is 5.73. The molecular formula is C13H17N3O. The van der Waals surface area contributed by atoms with Crippen molar-refractivity contribution in [1.29, 1.82) is 0 Å². The molecule has 1 atom stereocenters. The van der Waals surface area contributed by atoms with Gasteiger partial charge < -0.3 is 16.2 Å². The van der Waals surface area contributed by atoms with Crippen LogP contribution in [0, 0.1) is 0 Å². The second-order valence-electron chi connectivity index (χ2n) is 4.16. The molecular weight excluding hydrogens is 214 g/mol. The molecule has 4 heteroatoms. The number of fused-ring (bicyclic) bond motifs is 1. The fraction of sp³-hybridized carbons (Fsp3) is 0.308. The standard InChI is InChI=1S/C13H17N3O/c1-9(17)6-8-16-12-5-4-11-10(13(12)14)3-2-7-15-11/h2-5,7,9,16-17H,6,8,14H2,1H3. The second kappa shape index (κ2) is 5.01. The van der Waals surface area contributed by atoms with Crippen LogP contribution in [0.1, 0.15) is 13.3 Å². The van der Waals surface area contributed by atoms with Crippen molar-refractivity contribution in [3.63, 3.8) is 0 Å². The second-order valence-corrected chi connectivity index (χ2v) is 4.16. The molecule has 1 unspecified atom stereocenters. The number of benzene rings is 1. The third-order valence-corrected chi connectivity index (χ3v) is 2.70. The molecule has 0 saturated heterocycles. The van der Waals surface area contributed by atoms with Gasteiger partial charge in [0.05, 0.1) is 23.0 Å². The molecule has 2 rings (SSSR count). The Balaban J connectivity index is 2.21. The number of aliphatic hydroxyl groups is 1. The maximum atomic E-state index is 9.19. The van der Waals surface area contributed by atoms with E-state index in [9.17, 15) is 5.11 Å². The number of hydrogen-bond acceptors (Lipinski definition) is 4. The Morgan fingerprint density at radius 3 is 3.00 bits per heavy atom. The number of pyridine rings is 1. The number of nitrogen functional groups attached to an aromatic ring is 1. The van der Waals surface area contributed by atoms with E-state index in [1.807, 2.05) is 24.3 Å². The normalized spacial score (nSPS) is 12.6. The van der Waals surface area contributed by atoms with Gasteiger partial charge in [-0.15, -0.1) is 0 Å². The zero-order valence-corrected chi connectivity index (χ0v) is 9.85. The van der Waals surface area contributed by atoms with E-state index in [0.717, 1.165) is 16.6 Å². The van der Waals surface area contributed by atoms with E-state index in [2.05, 4.69) is 10.3 Å². The van der Waals surface area contributed by atoms with Gasteiger partial charge in [0, 0.05) is 18.1 Å². The summed E-state index contributed by atoms with van der Waals surface area (Å²) in [6.07, 6.45) is 2.15. The van der Waals surface area contributed by atoms with Gasteiger partial charge in [-0.1, -0.05) is 0 Å². The summed E-state index contributed by atoms with van der Waals surface area (Å²) in [5, 5.41) is 13.4. The van der Waals surface area contributed by atoms with E-state index < -0.39 is 0 Å². The molecule has 0 fully saturated rings. The molecule has 0 aliphatic carbocycles. The number of nitrogens with two attached hydrogens (primary N) is 1. The molecule has 0 spiro atoms. The molecule has 0 amide bonds. The van der Waals surface area contributed by atoms with Crippen molar-refractivity contribution in [1.82, 2.24) is 4.98 Å². The van der Waals surface area contributed by atoms with Crippen LogP contribution in [0.15, 0.2) is 30.5 Å². The highest BCUT2D eigenvalue weighted by molar-refractivity contribution is 5.96.